The summed E-state index contributed by atoms with van der Waals surface area (Å²) in [7, 11) is 2.69. The predicted octanol–water partition coefficient (Wildman–Crippen LogP) is 7.52. The molecule has 1 saturated carbocycles. The number of phenols is 1. The summed E-state index contributed by atoms with van der Waals surface area (Å²) in [6.07, 6.45) is -2.55. The van der Waals surface area contributed by atoms with Crippen LogP contribution in [0.4, 0.5) is 24.7 Å². The van der Waals surface area contributed by atoms with Crippen LogP contribution >= 0.6 is 23.2 Å². The molecule has 2 saturated heterocycles. The number of anilines is 2. The molecule has 59 heavy (non-hydrogen) atoms. The molecule has 4 aromatic rings. The van der Waals surface area contributed by atoms with Crippen molar-refractivity contribution >= 4 is 64.1 Å². The molecule has 2 aliphatic carbocycles. The van der Waals surface area contributed by atoms with Gasteiger partial charge in [-0.05, 0) is 73.7 Å². The van der Waals surface area contributed by atoms with Crippen molar-refractivity contribution in [3.8, 4) is 17.2 Å². The third-order valence-corrected chi connectivity index (χ3v) is 12.4. The van der Waals surface area contributed by atoms with Crippen LogP contribution in [0.2, 0.25) is 10.0 Å². The number of carbonyl (C=O) groups excluding carboxylic acids is 5. The lowest BCUT2D eigenvalue weighted by Crippen LogP contribution is -2.53. The first-order chi connectivity index (χ1) is 28.0. The number of carbonyl (C=O) groups is 5. The second kappa shape index (κ2) is 14.4. The number of aromatic hydroxyl groups is 1. The van der Waals surface area contributed by atoms with E-state index in [0.29, 0.717) is 39.0 Å². The summed E-state index contributed by atoms with van der Waals surface area (Å²) in [5.41, 5.74) is 1.25. The molecule has 2 aliphatic heterocycles. The molecule has 6 atom stereocenters. The Labute approximate surface area is 344 Å². The molecule has 4 aliphatic rings. The van der Waals surface area contributed by atoms with Crippen LogP contribution in [-0.4, -0.2) is 58.7 Å². The van der Waals surface area contributed by atoms with Gasteiger partial charge in [0.05, 0.1) is 53.7 Å². The fourth-order valence-electron chi connectivity index (χ4n) is 9.41. The zero-order valence-corrected chi connectivity index (χ0v) is 32.9. The number of hydrogen-bond acceptors (Lipinski definition) is 10. The second-order valence-electron chi connectivity index (χ2n) is 14.8. The number of methoxy groups -OCH3 is 2. The van der Waals surface area contributed by atoms with Crippen LogP contribution in [0, 0.1) is 23.7 Å². The SMILES string of the molecule is COc1cc(O)cc(OC)c1[C@H]1C2=CC[C@@H]3C(=O)N(c4ccc(C(C)=O)cc4)C(=O)[C@@H]3[C@@H]2C[C@H]2C(=O)N(Nc3ncc(C(F)(F)F)cc3Cl)C(=O)[C@@]12c1ccc(Cl)cc1. The van der Waals surface area contributed by atoms with Crippen molar-refractivity contribution in [2.45, 2.75) is 37.3 Å². The Morgan fingerprint density at radius 2 is 1.56 bits per heavy atom. The lowest BCUT2D eigenvalue weighted by molar-refractivity contribution is -0.139. The van der Waals surface area contributed by atoms with Gasteiger partial charge in [0, 0.05) is 40.4 Å². The Morgan fingerprint density at radius 3 is 2.14 bits per heavy atom. The predicted molar refractivity (Wildman–Crippen MR) is 207 cm³/mol. The smallest absolute Gasteiger partial charge is 0.417 e. The van der Waals surface area contributed by atoms with Crippen molar-refractivity contribution in [2.24, 2.45) is 23.7 Å². The van der Waals surface area contributed by atoms with E-state index in [9.17, 15) is 32.7 Å². The molecule has 0 spiro atoms. The molecule has 1 aromatic heterocycles. The van der Waals surface area contributed by atoms with Crippen LogP contribution in [-0.2, 0) is 30.8 Å². The number of nitrogens with zero attached hydrogens (tertiary/aromatic N) is 3. The van der Waals surface area contributed by atoms with Crippen LogP contribution in [0.3, 0.4) is 0 Å². The van der Waals surface area contributed by atoms with Gasteiger partial charge in [0.25, 0.3) is 11.8 Å². The number of pyridine rings is 1. The number of nitrogens with one attached hydrogen (secondary N) is 1. The molecule has 3 heterocycles. The number of benzene rings is 3. The van der Waals surface area contributed by atoms with Gasteiger partial charge >= 0.3 is 6.18 Å². The average Bonchev–Trinajstić information content (AvgIpc) is 3.58. The molecule has 2 N–H and O–H groups in total. The van der Waals surface area contributed by atoms with E-state index < -0.39 is 81.2 Å². The third-order valence-electron chi connectivity index (χ3n) is 11.9. The minimum absolute atomic E-state index is 0.0683. The molecule has 3 aromatic carbocycles. The number of allylic oxidation sites excluding steroid dienone is 2. The summed E-state index contributed by atoms with van der Waals surface area (Å²) in [5.74, 6) is -8.60. The van der Waals surface area contributed by atoms with Crippen LogP contribution in [0.25, 0.3) is 0 Å². The monoisotopic (exact) mass is 848 g/mol. The van der Waals surface area contributed by atoms with Crippen LogP contribution < -0.4 is 19.8 Å². The minimum Gasteiger partial charge on any atom is -0.508 e. The molecule has 8 rings (SSSR count). The number of amides is 4. The van der Waals surface area contributed by atoms with Crippen LogP contribution in [0.5, 0.6) is 17.2 Å². The van der Waals surface area contributed by atoms with E-state index in [0.717, 1.165) is 4.90 Å². The van der Waals surface area contributed by atoms with Gasteiger partial charge in [0.2, 0.25) is 11.8 Å². The number of hydrogen-bond donors (Lipinski definition) is 2. The first-order valence-corrected chi connectivity index (χ1v) is 19.1. The number of halogens is 5. The van der Waals surface area contributed by atoms with Gasteiger partial charge in [-0.25, -0.2) is 4.98 Å². The number of fused-ring (bicyclic) bond motifs is 4. The largest absolute Gasteiger partial charge is 0.508 e. The maximum Gasteiger partial charge on any atom is 0.417 e. The fraction of sp³-hybridized carbons (Fsp3) is 0.286. The standard InChI is InChI=1S/C42H33Cl2F3N4O8/c1-19(52)20-4-10-24(11-5-20)50-37(54)27-13-12-26-28(33(27)39(50)56)17-29-38(55)51(49-36-30(44)14-22(18-48-36)42(45,46)47)40(57)41(29,21-6-8-23(43)9-7-21)35(26)34-31(58-2)15-25(53)16-32(34)59-3/h4-12,14-16,18,27-29,33,35,53H,13,17H2,1-3H3,(H,48,49)/t27-,28+,29-,33-,35+,41+/m0/s1. The number of phenolic OH excluding ortho intramolecular Hbond substituents is 1. The lowest BCUT2D eigenvalue weighted by atomic mass is 9.49. The number of aromatic nitrogens is 1. The van der Waals surface area contributed by atoms with Gasteiger partial charge in [-0.1, -0.05) is 47.0 Å². The van der Waals surface area contributed by atoms with Crippen LogP contribution in [0.15, 0.2) is 84.6 Å². The van der Waals surface area contributed by atoms with Gasteiger partial charge in [0.1, 0.15) is 17.2 Å². The van der Waals surface area contributed by atoms with Crippen LogP contribution in [0.1, 0.15) is 52.7 Å². The molecule has 0 bridgehead atoms. The normalized spacial score (nSPS) is 25.0. The van der Waals surface area contributed by atoms with E-state index >= 15 is 9.59 Å². The number of Topliss-reactive ketones (excluding diaryl/α,β-unsaturated/α-hetero) is 1. The highest BCUT2D eigenvalue weighted by Gasteiger charge is 2.71. The second-order valence-corrected chi connectivity index (χ2v) is 15.6. The summed E-state index contributed by atoms with van der Waals surface area (Å²) in [6.45, 7) is 1.39. The first-order valence-electron chi connectivity index (χ1n) is 18.3. The van der Waals surface area contributed by atoms with E-state index in [-0.39, 0.29) is 47.1 Å². The van der Waals surface area contributed by atoms with E-state index in [2.05, 4.69) is 10.4 Å². The summed E-state index contributed by atoms with van der Waals surface area (Å²) in [6, 6.07) is 15.6. The molecular formula is C42H33Cl2F3N4O8. The maximum atomic E-state index is 15.5. The number of imide groups is 2. The Balaban J connectivity index is 1.34. The van der Waals surface area contributed by atoms with E-state index in [1.54, 1.807) is 30.3 Å². The maximum absolute atomic E-state index is 15.5. The summed E-state index contributed by atoms with van der Waals surface area (Å²) >= 11 is 12.6. The van der Waals surface area contributed by atoms with Crippen molar-refractivity contribution in [1.82, 2.24) is 9.99 Å². The lowest BCUT2D eigenvalue weighted by Gasteiger charge is -2.51. The van der Waals surface area contributed by atoms with Gasteiger partial charge < -0.3 is 14.6 Å². The number of ketones is 1. The Hall–Kier alpha value is -5.93. The van der Waals surface area contributed by atoms with Gasteiger partial charge in [-0.3, -0.25) is 34.3 Å². The first kappa shape index (κ1) is 39.9. The van der Waals surface area contributed by atoms with Crippen molar-refractivity contribution in [2.75, 3.05) is 24.5 Å². The van der Waals surface area contributed by atoms with Gasteiger partial charge in [-0.15, -0.1) is 0 Å². The summed E-state index contributed by atoms with van der Waals surface area (Å²) in [4.78, 5) is 76.3. The highest BCUT2D eigenvalue weighted by atomic mass is 35.5. The van der Waals surface area contributed by atoms with Gasteiger partial charge in [-0.2, -0.15) is 18.2 Å². The molecule has 0 radical (unpaired) electrons. The Kier molecular flexibility index (Phi) is 9.74. The van der Waals surface area contributed by atoms with E-state index in [1.165, 1.54) is 57.5 Å². The third kappa shape index (κ3) is 6.12. The molecule has 17 heteroatoms. The van der Waals surface area contributed by atoms with Crippen molar-refractivity contribution < 1.29 is 51.7 Å². The topological polar surface area (TPSA) is 155 Å². The van der Waals surface area contributed by atoms with Crippen molar-refractivity contribution in [3.63, 3.8) is 0 Å². The summed E-state index contributed by atoms with van der Waals surface area (Å²) < 4.78 is 52.3. The quantitative estimate of drug-likeness (QED) is 0.103. The molecule has 304 valence electrons. The zero-order chi connectivity index (χ0) is 42.3. The Morgan fingerprint density at radius 1 is 0.915 bits per heavy atom. The number of rotatable bonds is 8. The highest BCUT2D eigenvalue weighted by Crippen LogP contribution is 2.66. The van der Waals surface area contributed by atoms with Crippen molar-refractivity contribution in [3.05, 3.63) is 117 Å². The minimum atomic E-state index is -4.79. The van der Waals surface area contributed by atoms with Crippen molar-refractivity contribution in [1.29, 1.82) is 0 Å². The Bertz CT molecular complexity index is 2470. The fourth-order valence-corrected chi connectivity index (χ4v) is 9.74. The van der Waals surface area contributed by atoms with Gasteiger partial charge in [0.15, 0.2) is 11.6 Å². The molecule has 4 amide bonds. The summed E-state index contributed by atoms with van der Waals surface area (Å²) in [5, 5.41) is 11.2. The number of alkyl halides is 3. The molecule has 0 unspecified atom stereocenters. The zero-order valence-electron chi connectivity index (χ0n) is 31.3. The van der Waals surface area contributed by atoms with E-state index in [4.69, 9.17) is 32.7 Å². The number of hydrazine groups is 1. The molecule has 3 fully saturated rings. The average molecular weight is 850 g/mol. The highest BCUT2D eigenvalue weighted by molar-refractivity contribution is 6.33. The van der Waals surface area contributed by atoms with E-state index in [1.807, 2.05) is 0 Å². The molecular weight excluding hydrogens is 816 g/mol. The molecule has 12 nitrogen and oxygen atoms in total. The number of ether oxygens (including phenoxy) is 2.